The van der Waals surface area contributed by atoms with Crippen molar-refractivity contribution in [2.75, 3.05) is 0 Å². The van der Waals surface area contributed by atoms with E-state index in [9.17, 15) is 24.0 Å². The third-order valence-electron chi connectivity index (χ3n) is 2.82. The second-order valence-corrected chi connectivity index (χ2v) is 8.08. The molecular formula is C9H10MgN2O7P2. The summed E-state index contributed by atoms with van der Waals surface area (Å²) in [6.45, 7) is 0. The Morgan fingerprint density at radius 3 is 2.33 bits per heavy atom. The van der Waals surface area contributed by atoms with Gasteiger partial charge in [-0.25, -0.2) is 4.98 Å². The number of imidazole rings is 1. The Labute approximate surface area is 135 Å². The summed E-state index contributed by atoms with van der Waals surface area (Å²) < 4.78 is 23.6. The third-order valence-corrected chi connectivity index (χ3v) is 6.46. The molecule has 0 aromatic carbocycles. The van der Waals surface area contributed by atoms with Crippen LogP contribution in [0.5, 0.6) is 0 Å². The summed E-state index contributed by atoms with van der Waals surface area (Å²) in [5.41, 5.74) is 0.362. The molecule has 0 radical (unpaired) electrons. The molecule has 2 aromatic heterocycles. The molecule has 0 saturated heterocycles. The minimum Gasteiger partial charge on any atom is -0.776 e. The van der Waals surface area contributed by atoms with Gasteiger partial charge < -0.3 is 38.2 Å². The molecule has 110 valence electrons. The Morgan fingerprint density at radius 2 is 1.81 bits per heavy atom. The van der Waals surface area contributed by atoms with Crippen LogP contribution in [0.25, 0.3) is 5.65 Å². The van der Waals surface area contributed by atoms with Crippen LogP contribution in [0.4, 0.5) is 0 Å². The first-order chi connectivity index (χ1) is 9.06. The molecule has 2 heterocycles. The molecule has 2 atom stereocenters. The third kappa shape index (κ3) is 3.39. The number of pyridine rings is 1. The predicted octanol–water partition coefficient (Wildman–Crippen LogP) is -1.77. The molecular weight excluding hydrogens is 334 g/mol. The van der Waals surface area contributed by atoms with Crippen molar-refractivity contribution in [3.63, 3.8) is 0 Å². The van der Waals surface area contributed by atoms with Crippen LogP contribution < -0.4 is 9.79 Å². The van der Waals surface area contributed by atoms with Crippen molar-refractivity contribution in [3.05, 3.63) is 36.3 Å². The van der Waals surface area contributed by atoms with Gasteiger partial charge in [0.25, 0.3) is 0 Å². The van der Waals surface area contributed by atoms with E-state index in [1.165, 1.54) is 10.6 Å². The normalized spacial score (nSPS) is 20.0. The number of hydrogen-bond donors (Lipinski definition) is 3. The van der Waals surface area contributed by atoms with Crippen LogP contribution in [0, 0.1) is 0 Å². The topological polar surface area (TPSA) is 158 Å². The molecule has 0 bridgehead atoms. The molecule has 0 fully saturated rings. The van der Waals surface area contributed by atoms with E-state index in [1.54, 1.807) is 18.2 Å². The number of rotatable bonds is 4. The summed E-state index contributed by atoms with van der Waals surface area (Å²) >= 11 is 0. The number of aromatic nitrogens is 2. The van der Waals surface area contributed by atoms with Crippen molar-refractivity contribution in [3.8, 4) is 0 Å². The van der Waals surface area contributed by atoms with Crippen LogP contribution in [0.15, 0.2) is 30.6 Å². The van der Waals surface area contributed by atoms with E-state index in [-0.39, 0.29) is 28.7 Å². The van der Waals surface area contributed by atoms with E-state index in [0.717, 1.165) is 6.20 Å². The molecule has 12 heteroatoms. The molecule has 9 nitrogen and oxygen atoms in total. The summed E-state index contributed by atoms with van der Waals surface area (Å²) in [5, 5.41) is 6.02. The van der Waals surface area contributed by atoms with Gasteiger partial charge in [-0.15, -0.1) is 0 Å². The van der Waals surface area contributed by atoms with Gasteiger partial charge >= 0.3 is 23.1 Å². The maximum atomic E-state index is 11.1. The van der Waals surface area contributed by atoms with Crippen LogP contribution in [-0.4, -0.2) is 52.4 Å². The molecule has 2 aromatic rings. The fourth-order valence-electron chi connectivity index (χ4n) is 1.72. The summed E-state index contributed by atoms with van der Waals surface area (Å²) in [7, 11) is -11.6. The van der Waals surface area contributed by atoms with Gasteiger partial charge in [0, 0.05) is 24.5 Å². The Kier molecular flexibility index (Phi) is 5.43. The molecule has 0 aliphatic rings. The fraction of sp³-hybridized carbons (Fsp3) is 0.222. The molecule has 0 aliphatic heterocycles. The van der Waals surface area contributed by atoms with Crippen LogP contribution in [0.3, 0.4) is 0 Å². The first-order valence-electron chi connectivity index (χ1n) is 5.27. The van der Waals surface area contributed by atoms with Crippen molar-refractivity contribution in [2.24, 2.45) is 0 Å². The van der Waals surface area contributed by atoms with E-state index in [0.29, 0.717) is 5.65 Å². The van der Waals surface area contributed by atoms with Crippen LogP contribution in [-0.2, 0) is 15.6 Å². The van der Waals surface area contributed by atoms with Gasteiger partial charge in [-0.1, -0.05) is 6.07 Å². The number of aliphatic hydroxyl groups is 1. The number of hydrogen-bond acceptors (Lipinski definition) is 6. The van der Waals surface area contributed by atoms with Crippen LogP contribution >= 0.6 is 15.2 Å². The molecule has 0 aliphatic carbocycles. The Hall–Kier alpha value is -0.284. The molecule has 2 unspecified atom stereocenters. The van der Waals surface area contributed by atoms with E-state index in [2.05, 4.69) is 4.98 Å². The van der Waals surface area contributed by atoms with Gasteiger partial charge in [0.1, 0.15) is 5.65 Å². The Balaban J connectivity index is 0.00000220. The maximum absolute atomic E-state index is 11.1. The van der Waals surface area contributed by atoms with E-state index >= 15 is 0 Å². The molecule has 3 N–H and O–H groups in total. The number of fused-ring (bicyclic) bond motifs is 1. The minimum atomic E-state index is -5.79. The van der Waals surface area contributed by atoms with Gasteiger partial charge in [0.05, 0.1) is 0 Å². The van der Waals surface area contributed by atoms with Crippen molar-refractivity contribution < 1.29 is 33.8 Å². The second-order valence-electron chi connectivity index (χ2n) is 4.17. The quantitative estimate of drug-likeness (QED) is 0.434. The largest absolute Gasteiger partial charge is 2.00 e. The van der Waals surface area contributed by atoms with Gasteiger partial charge in [0.2, 0.25) is 0 Å². The predicted molar refractivity (Wildman–Crippen MR) is 69.3 cm³/mol. The molecule has 0 saturated carbocycles. The summed E-state index contributed by atoms with van der Waals surface area (Å²) in [6, 6.07) is 4.78. The second kappa shape index (κ2) is 6.08. The SMILES string of the molecule is O=P([O-])(O)C(O)(Cc1cnc2ccccn12)P(=O)([O-])O.[Mg+2]. The maximum Gasteiger partial charge on any atom is 2.00 e. The van der Waals surface area contributed by atoms with Gasteiger partial charge in [-0.05, 0) is 12.1 Å². The van der Waals surface area contributed by atoms with Crippen molar-refractivity contribution >= 4 is 43.9 Å². The van der Waals surface area contributed by atoms with E-state index in [1.807, 2.05) is 0 Å². The zero-order valence-corrected chi connectivity index (χ0v) is 13.8. The molecule has 0 amide bonds. The standard InChI is InChI=1S/C9H12N2O7P2.Mg/c12-9(19(13,14)15,20(16,17)18)5-7-6-10-8-3-1-2-4-11(7)8;/h1-4,6,12H,5H2,(H2,13,14,15)(H2,16,17,18);/q;+2/p-2. The minimum absolute atomic E-state index is 0. The van der Waals surface area contributed by atoms with E-state index < -0.39 is 26.7 Å². The summed E-state index contributed by atoms with van der Waals surface area (Å²) in [5.74, 6) is 0. The van der Waals surface area contributed by atoms with Crippen molar-refractivity contribution in [1.29, 1.82) is 0 Å². The molecule has 0 spiro atoms. The first kappa shape index (κ1) is 18.8. The van der Waals surface area contributed by atoms with Crippen molar-refractivity contribution in [1.82, 2.24) is 9.38 Å². The zero-order chi connectivity index (χ0) is 15.2. The zero-order valence-electron chi connectivity index (χ0n) is 10.6. The van der Waals surface area contributed by atoms with Gasteiger partial charge in [-0.3, -0.25) is 0 Å². The van der Waals surface area contributed by atoms with Crippen molar-refractivity contribution in [2.45, 2.75) is 11.5 Å². The summed E-state index contributed by atoms with van der Waals surface area (Å²) in [6.07, 6.45) is 1.52. The first-order valence-corrected chi connectivity index (χ1v) is 8.43. The smallest absolute Gasteiger partial charge is 0.776 e. The van der Waals surface area contributed by atoms with Crippen LogP contribution in [0.1, 0.15) is 5.69 Å². The fourth-order valence-corrected chi connectivity index (χ4v) is 3.72. The Bertz CT molecular complexity index is 715. The number of nitrogens with zero attached hydrogens (tertiary/aromatic N) is 2. The van der Waals surface area contributed by atoms with Gasteiger partial charge in [-0.2, -0.15) is 0 Å². The summed E-state index contributed by atoms with van der Waals surface area (Å²) in [4.78, 5) is 44.0. The average Bonchev–Trinajstić information content (AvgIpc) is 2.70. The molecule has 2 rings (SSSR count). The van der Waals surface area contributed by atoms with E-state index in [4.69, 9.17) is 9.79 Å². The van der Waals surface area contributed by atoms with Crippen LogP contribution in [0.2, 0.25) is 0 Å². The monoisotopic (exact) mass is 344 g/mol. The molecule has 21 heavy (non-hydrogen) atoms. The Morgan fingerprint density at radius 1 is 1.24 bits per heavy atom. The average molecular weight is 344 g/mol. The van der Waals surface area contributed by atoms with Gasteiger partial charge in [0.15, 0.2) is 20.3 Å².